The fraction of sp³-hybridized carbons (Fsp3) is 0.294. The first-order valence-electron chi connectivity index (χ1n) is 8.02. The summed E-state index contributed by atoms with van der Waals surface area (Å²) >= 11 is 0. The van der Waals surface area contributed by atoms with E-state index in [9.17, 15) is 0 Å². The van der Waals surface area contributed by atoms with Crippen molar-refractivity contribution in [3.8, 4) is 23.0 Å². The van der Waals surface area contributed by atoms with Crippen LogP contribution in [0, 0.1) is 0 Å². The van der Waals surface area contributed by atoms with Crippen molar-refractivity contribution in [3.05, 3.63) is 42.7 Å². The van der Waals surface area contributed by atoms with Gasteiger partial charge in [0.1, 0.15) is 11.5 Å². The fourth-order valence-electron chi connectivity index (χ4n) is 2.95. The molecule has 0 spiro atoms. The summed E-state index contributed by atoms with van der Waals surface area (Å²) in [6.45, 7) is 1.71. The molecule has 0 bridgehead atoms. The molecule has 1 aliphatic rings. The molecule has 0 saturated carbocycles. The molecule has 2 N–H and O–H groups in total. The van der Waals surface area contributed by atoms with Crippen LogP contribution in [0.15, 0.2) is 47.2 Å². The van der Waals surface area contributed by atoms with E-state index in [0.29, 0.717) is 17.4 Å². The Labute approximate surface area is 139 Å². The minimum Gasteiger partial charge on any atom is -0.354 e. The molecule has 1 aliphatic heterocycles. The van der Waals surface area contributed by atoms with Crippen LogP contribution in [0.5, 0.6) is 0 Å². The Morgan fingerprint density at radius 3 is 2.88 bits per heavy atom. The Balaban J connectivity index is 1.69. The van der Waals surface area contributed by atoms with Gasteiger partial charge in [-0.1, -0.05) is 11.2 Å². The summed E-state index contributed by atoms with van der Waals surface area (Å²) in [6, 6.07) is 9.57. The lowest BCUT2D eigenvalue weighted by atomic mass is 10.1. The molecule has 7 nitrogen and oxygen atoms in total. The number of hydrogen-bond acceptors (Lipinski definition) is 7. The first kappa shape index (κ1) is 14.8. The summed E-state index contributed by atoms with van der Waals surface area (Å²) in [5, 5.41) is 4.04. The number of aromatic nitrogens is 4. The van der Waals surface area contributed by atoms with Crippen molar-refractivity contribution < 1.29 is 4.52 Å². The third kappa shape index (κ3) is 2.85. The van der Waals surface area contributed by atoms with Crippen LogP contribution in [0.4, 0.5) is 5.82 Å². The largest absolute Gasteiger partial charge is 0.354 e. The topological polar surface area (TPSA) is 94.0 Å². The molecular weight excluding hydrogens is 304 g/mol. The highest BCUT2D eigenvalue weighted by atomic mass is 16.5. The van der Waals surface area contributed by atoms with Gasteiger partial charge in [-0.2, -0.15) is 4.98 Å². The molecule has 24 heavy (non-hydrogen) atoms. The summed E-state index contributed by atoms with van der Waals surface area (Å²) < 4.78 is 5.46. The van der Waals surface area contributed by atoms with Crippen LogP contribution in [0.2, 0.25) is 0 Å². The highest BCUT2D eigenvalue weighted by Crippen LogP contribution is 2.30. The molecule has 0 radical (unpaired) electrons. The minimum atomic E-state index is 0.167. The van der Waals surface area contributed by atoms with Gasteiger partial charge < -0.3 is 15.2 Å². The van der Waals surface area contributed by atoms with Gasteiger partial charge in [0.25, 0.3) is 5.89 Å². The first-order chi connectivity index (χ1) is 11.8. The second kappa shape index (κ2) is 6.37. The molecular formula is C17H18N6O. The second-order valence-electron chi connectivity index (χ2n) is 5.86. The SMILES string of the molecule is NC1CCCN(c2ncccc2-c2nc(-c3ccccn3)no2)C1. The summed E-state index contributed by atoms with van der Waals surface area (Å²) in [5.41, 5.74) is 7.60. The van der Waals surface area contributed by atoms with E-state index >= 15 is 0 Å². The van der Waals surface area contributed by atoms with Crippen LogP contribution in [0.1, 0.15) is 12.8 Å². The van der Waals surface area contributed by atoms with Crippen molar-refractivity contribution in [2.24, 2.45) is 5.73 Å². The Morgan fingerprint density at radius 1 is 1.12 bits per heavy atom. The summed E-state index contributed by atoms with van der Waals surface area (Å²) in [7, 11) is 0. The smallest absolute Gasteiger partial charge is 0.262 e. The number of anilines is 1. The van der Waals surface area contributed by atoms with E-state index in [1.54, 1.807) is 12.4 Å². The molecule has 0 aliphatic carbocycles. The standard InChI is InChI=1S/C17H18N6O/c18-12-5-4-10-23(11-12)16-13(6-3-9-20-16)17-21-15(22-24-17)14-7-1-2-8-19-14/h1-3,6-9,12H,4-5,10-11,18H2. The van der Waals surface area contributed by atoms with Crippen molar-refractivity contribution in [2.45, 2.75) is 18.9 Å². The number of hydrogen-bond donors (Lipinski definition) is 1. The summed E-state index contributed by atoms with van der Waals surface area (Å²) in [4.78, 5) is 15.4. The predicted molar refractivity (Wildman–Crippen MR) is 90.2 cm³/mol. The van der Waals surface area contributed by atoms with Gasteiger partial charge in [-0.05, 0) is 37.1 Å². The quantitative estimate of drug-likeness (QED) is 0.789. The lowest BCUT2D eigenvalue weighted by molar-refractivity contribution is 0.431. The number of rotatable bonds is 3. The van der Waals surface area contributed by atoms with Gasteiger partial charge in [-0.3, -0.25) is 4.98 Å². The van der Waals surface area contributed by atoms with Crippen LogP contribution in [0.25, 0.3) is 23.0 Å². The van der Waals surface area contributed by atoms with Crippen LogP contribution in [0.3, 0.4) is 0 Å². The molecule has 4 heterocycles. The van der Waals surface area contributed by atoms with Gasteiger partial charge in [0.15, 0.2) is 0 Å². The Morgan fingerprint density at radius 2 is 2.04 bits per heavy atom. The molecule has 3 aromatic heterocycles. The molecule has 0 aromatic carbocycles. The van der Waals surface area contributed by atoms with Crippen LogP contribution in [-0.4, -0.2) is 39.2 Å². The Kier molecular flexibility index (Phi) is 3.92. The molecule has 7 heteroatoms. The number of nitrogens with two attached hydrogens (primary N) is 1. The predicted octanol–water partition coefficient (Wildman–Crippen LogP) is 2.12. The maximum atomic E-state index is 6.10. The maximum Gasteiger partial charge on any atom is 0.262 e. The molecule has 3 aromatic rings. The number of piperidine rings is 1. The van der Waals surface area contributed by atoms with Gasteiger partial charge in [0.05, 0.1) is 5.56 Å². The number of pyridine rings is 2. The monoisotopic (exact) mass is 322 g/mol. The molecule has 4 rings (SSSR count). The maximum absolute atomic E-state index is 6.10. The summed E-state index contributed by atoms with van der Waals surface area (Å²) in [6.07, 6.45) is 5.58. The highest BCUT2D eigenvalue weighted by Gasteiger charge is 2.23. The van der Waals surface area contributed by atoms with E-state index in [1.165, 1.54) is 0 Å². The lowest BCUT2D eigenvalue weighted by Crippen LogP contribution is -2.43. The van der Waals surface area contributed by atoms with Gasteiger partial charge in [-0.25, -0.2) is 4.98 Å². The van der Waals surface area contributed by atoms with E-state index in [0.717, 1.165) is 37.3 Å². The van der Waals surface area contributed by atoms with Crippen molar-refractivity contribution in [1.82, 2.24) is 20.1 Å². The van der Waals surface area contributed by atoms with Gasteiger partial charge >= 0.3 is 0 Å². The highest BCUT2D eigenvalue weighted by molar-refractivity contribution is 5.70. The molecule has 122 valence electrons. The molecule has 1 fully saturated rings. The van der Waals surface area contributed by atoms with E-state index in [4.69, 9.17) is 10.3 Å². The van der Waals surface area contributed by atoms with Gasteiger partial charge in [0.2, 0.25) is 5.82 Å². The van der Waals surface area contributed by atoms with E-state index < -0.39 is 0 Å². The molecule has 1 unspecified atom stereocenters. The van der Waals surface area contributed by atoms with Crippen LogP contribution in [-0.2, 0) is 0 Å². The third-order valence-corrected chi connectivity index (χ3v) is 4.09. The van der Waals surface area contributed by atoms with E-state index in [2.05, 4.69) is 25.0 Å². The van der Waals surface area contributed by atoms with Crippen molar-refractivity contribution in [1.29, 1.82) is 0 Å². The van der Waals surface area contributed by atoms with Crippen LogP contribution < -0.4 is 10.6 Å². The second-order valence-corrected chi connectivity index (χ2v) is 5.86. The van der Waals surface area contributed by atoms with Crippen molar-refractivity contribution in [2.75, 3.05) is 18.0 Å². The van der Waals surface area contributed by atoms with Crippen molar-refractivity contribution in [3.63, 3.8) is 0 Å². The van der Waals surface area contributed by atoms with Gasteiger partial charge in [-0.15, -0.1) is 0 Å². The van der Waals surface area contributed by atoms with Crippen molar-refractivity contribution >= 4 is 5.82 Å². The zero-order valence-electron chi connectivity index (χ0n) is 13.2. The molecule has 1 saturated heterocycles. The van der Waals surface area contributed by atoms with E-state index in [-0.39, 0.29) is 6.04 Å². The average molecular weight is 322 g/mol. The Bertz CT molecular complexity index is 819. The number of nitrogens with zero attached hydrogens (tertiary/aromatic N) is 5. The third-order valence-electron chi connectivity index (χ3n) is 4.09. The lowest BCUT2D eigenvalue weighted by Gasteiger charge is -2.32. The Hall–Kier alpha value is -2.80. The molecule has 1 atom stereocenters. The minimum absolute atomic E-state index is 0.167. The average Bonchev–Trinajstić information content (AvgIpc) is 3.12. The summed E-state index contributed by atoms with van der Waals surface area (Å²) in [5.74, 6) is 1.75. The zero-order chi connectivity index (χ0) is 16.4. The fourth-order valence-corrected chi connectivity index (χ4v) is 2.95. The zero-order valence-corrected chi connectivity index (χ0v) is 13.2. The van der Waals surface area contributed by atoms with E-state index in [1.807, 2.05) is 30.3 Å². The first-order valence-corrected chi connectivity index (χ1v) is 8.02. The van der Waals surface area contributed by atoms with Crippen LogP contribution >= 0.6 is 0 Å². The molecule has 0 amide bonds. The van der Waals surface area contributed by atoms with Gasteiger partial charge in [0, 0.05) is 31.5 Å². The normalized spacial score (nSPS) is 17.9.